The largest absolute Gasteiger partial charge is 0.243 e. The first-order valence-corrected chi connectivity index (χ1v) is 6.11. The maximum Gasteiger partial charge on any atom is 0.163 e. The van der Waals surface area contributed by atoms with Crippen molar-refractivity contribution in [2.45, 2.75) is 13.5 Å². The van der Waals surface area contributed by atoms with E-state index in [1.165, 1.54) is 12.1 Å². The minimum absolute atomic E-state index is 0.254. The highest BCUT2D eigenvalue weighted by atomic mass is 35.5. The summed E-state index contributed by atoms with van der Waals surface area (Å²) in [6.07, 6.45) is 1.64. The van der Waals surface area contributed by atoms with Crippen molar-refractivity contribution in [1.82, 2.24) is 19.7 Å². The number of aromatic nitrogens is 4. The van der Waals surface area contributed by atoms with Crippen LogP contribution in [0, 0.1) is 12.7 Å². The first-order valence-electron chi connectivity index (χ1n) is 5.73. The fraction of sp³-hybridized carbons (Fsp3) is 0.154. The lowest BCUT2D eigenvalue weighted by Crippen LogP contribution is -2.03. The van der Waals surface area contributed by atoms with Crippen molar-refractivity contribution in [3.63, 3.8) is 0 Å². The SMILES string of the molecule is Cc1nc(Cl)c2cnn(Cc3ccc(F)cc3)c2n1. The molecule has 0 bridgehead atoms. The Kier molecular flexibility index (Phi) is 2.91. The fourth-order valence-electron chi connectivity index (χ4n) is 1.90. The molecule has 0 unspecified atom stereocenters. The van der Waals surface area contributed by atoms with Gasteiger partial charge >= 0.3 is 0 Å². The molecule has 0 aliphatic heterocycles. The van der Waals surface area contributed by atoms with Crippen molar-refractivity contribution in [2.75, 3.05) is 0 Å². The lowest BCUT2D eigenvalue weighted by atomic mass is 10.2. The van der Waals surface area contributed by atoms with Crippen LogP contribution in [-0.4, -0.2) is 19.7 Å². The summed E-state index contributed by atoms with van der Waals surface area (Å²) in [5.41, 5.74) is 1.63. The van der Waals surface area contributed by atoms with E-state index in [0.717, 1.165) is 10.9 Å². The number of fused-ring (bicyclic) bond motifs is 1. The predicted molar refractivity (Wildman–Crippen MR) is 70.6 cm³/mol. The van der Waals surface area contributed by atoms with Gasteiger partial charge in [0.15, 0.2) is 5.65 Å². The zero-order chi connectivity index (χ0) is 13.4. The molecule has 19 heavy (non-hydrogen) atoms. The number of nitrogens with zero attached hydrogens (tertiary/aromatic N) is 4. The van der Waals surface area contributed by atoms with E-state index in [4.69, 9.17) is 11.6 Å². The molecule has 3 aromatic rings. The third kappa shape index (κ3) is 2.29. The van der Waals surface area contributed by atoms with Gasteiger partial charge in [-0.1, -0.05) is 23.7 Å². The van der Waals surface area contributed by atoms with E-state index in [2.05, 4.69) is 15.1 Å². The zero-order valence-corrected chi connectivity index (χ0v) is 10.9. The van der Waals surface area contributed by atoms with Gasteiger partial charge in [0.05, 0.1) is 18.1 Å². The summed E-state index contributed by atoms with van der Waals surface area (Å²) in [4.78, 5) is 8.43. The van der Waals surface area contributed by atoms with Crippen LogP contribution in [-0.2, 0) is 6.54 Å². The Morgan fingerprint density at radius 1 is 1.21 bits per heavy atom. The van der Waals surface area contributed by atoms with Crippen LogP contribution in [0.1, 0.15) is 11.4 Å². The average molecular weight is 277 g/mol. The summed E-state index contributed by atoms with van der Waals surface area (Å²) < 4.78 is 14.6. The van der Waals surface area contributed by atoms with Crippen LogP contribution >= 0.6 is 11.6 Å². The molecule has 1 aromatic carbocycles. The van der Waals surface area contributed by atoms with Crippen LogP contribution in [0.2, 0.25) is 5.15 Å². The third-order valence-electron chi connectivity index (χ3n) is 2.81. The number of hydrogen-bond donors (Lipinski definition) is 0. The van der Waals surface area contributed by atoms with Crippen molar-refractivity contribution in [1.29, 1.82) is 0 Å². The molecule has 0 amide bonds. The average Bonchev–Trinajstić information content (AvgIpc) is 2.76. The molecule has 0 saturated carbocycles. The quantitative estimate of drug-likeness (QED) is 0.676. The lowest BCUT2D eigenvalue weighted by molar-refractivity contribution is 0.625. The second kappa shape index (κ2) is 4.59. The van der Waals surface area contributed by atoms with Crippen LogP contribution in [0.5, 0.6) is 0 Å². The monoisotopic (exact) mass is 276 g/mol. The third-order valence-corrected chi connectivity index (χ3v) is 3.10. The summed E-state index contributed by atoms with van der Waals surface area (Å²) in [6.45, 7) is 2.29. The molecular weight excluding hydrogens is 267 g/mol. The van der Waals surface area contributed by atoms with Crippen LogP contribution < -0.4 is 0 Å². The predicted octanol–water partition coefficient (Wildman–Crippen LogP) is 2.98. The van der Waals surface area contributed by atoms with E-state index >= 15 is 0 Å². The number of aryl methyl sites for hydroxylation is 1. The van der Waals surface area contributed by atoms with Crippen LogP contribution in [0.15, 0.2) is 30.5 Å². The Bertz CT molecular complexity index is 736. The highest BCUT2D eigenvalue weighted by molar-refractivity contribution is 6.33. The Morgan fingerprint density at radius 2 is 1.95 bits per heavy atom. The van der Waals surface area contributed by atoms with E-state index in [9.17, 15) is 4.39 Å². The Labute approximate surface area is 113 Å². The van der Waals surface area contributed by atoms with E-state index in [0.29, 0.717) is 23.2 Å². The summed E-state index contributed by atoms with van der Waals surface area (Å²) in [6, 6.07) is 6.29. The molecule has 3 rings (SSSR count). The lowest BCUT2D eigenvalue weighted by Gasteiger charge is -2.04. The van der Waals surface area contributed by atoms with Gasteiger partial charge in [-0.3, -0.25) is 0 Å². The van der Waals surface area contributed by atoms with E-state index in [1.54, 1.807) is 29.9 Å². The van der Waals surface area contributed by atoms with Crippen molar-refractivity contribution in [2.24, 2.45) is 0 Å². The molecule has 0 N–H and O–H groups in total. The minimum Gasteiger partial charge on any atom is -0.243 e. The molecule has 0 radical (unpaired) electrons. The van der Waals surface area contributed by atoms with Crippen molar-refractivity contribution >= 4 is 22.6 Å². The van der Waals surface area contributed by atoms with Gasteiger partial charge in [-0.2, -0.15) is 5.10 Å². The molecule has 0 saturated heterocycles. The van der Waals surface area contributed by atoms with Crippen molar-refractivity contribution in [3.05, 3.63) is 52.8 Å². The highest BCUT2D eigenvalue weighted by Crippen LogP contribution is 2.20. The Balaban J connectivity index is 2.03. The van der Waals surface area contributed by atoms with Gasteiger partial charge in [0, 0.05) is 0 Å². The maximum absolute atomic E-state index is 12.9. The molecular formula is C13H10ClFN4. The molecule has 0 fully saturated rings. The Hall–Kier alpha value is -2.01. The minimum atomic E-state index is -0.254. The molecule has 2 aromatic heterocycles. The van der Waals surface area contributed by atoms with Crippen LogP contribution in [0.4, 0.5) is 4.39 Å². The number of halogens is 2. The number of hydrogen-bond acceptors (Lipinski definition) is 3. The van der Waals surface area contributed by atoms with Gasteiger partial charge < -0.3 is 0 Å². The summed E-state index contributed by atoms with van der Waals surface area (Å²) in [5.74, 6) is 0.341. The van der Waals surface area contributed by atoms with Crippen molar-refractivity contribution < 1.29 is 4.39 Å². The van der Waals surface area contributed by atoms with Gasteiger partial charge in [-0.05, 0) is 24.6 Å². The summed E-state index contributed by atoms with van der Waals surface area (Å²) >= 11 is 6.05. The van der Waals surface area contributed by atoms with Crippen LogP contribution in [0.25, 0.3) is 11.0 Å². The first kappa shape index (κ1) is 12.0. The summed E-state index contributed by atoms with van der Waals surface area (Å²) in [5, 5.41) is 5.36. The van der Waals surface area contributed by atoms with Gasteiger partial charge in [0.1, 0.15) is 16.8 Å². The molecule has 96 valence electrons. The molecule has 6 heteroatoms. The van der Waals surface area contributed by atoms with E-state index in [-0.39, 0.29) is 5.82 Å². The molecule has 0 aliphatic rings. The number of benzene rings is 1. The fourth-order valence-corrected chi connectivity index (χ4v) is 2.16. The van der Waals surface area contributed by atoms with E-state index < -0.39 is 0 Å². The first-order chi connectivity index (χ1) is 9.13. The van der Waals surface area contributed by atoms with E-state index in [1.807, 2.05) is 0 Å². The zero-order valence-electron chi connectivity index (χ0n) is 10.1. The highest BCUT2D eigenvalue weighted by Gasteiger charge is 2.10. The molecule has 0 spiro atoms. The number of rotatable bonds is 2. The molecule has 2 heterocycles. The van der Waals surface area contributed by atoms with Crippen LogP contribution in [0.3, 0.4) is 0 Å². The van der Waals surface area contributed by atoms with Gasteiger partial charge in [-0.15, -0.1) is 0 Å². The summed E-state index contributed by atoms with van der Waals surface area (Å²) in [7, 11) is 0. The van der Waals surface area contributed by atoms with Gasteiger partial charge in [0.25, 0.3) is 0 Å². The molecule has 0 atom stereocenters. The molecule has 0 aliphatic carbocycles. The van der Waals surface area contributed by atoms with Gasteiger partial charge in [0.2, 0.25) is 0 Å². The van der Waals surface area contributed by atoms with Crippen molar-refractivity contribution in [3.8, 4) is 0 Å². The topological polar surface area (TPSA) is 43.6 Å². The molecule has 4 nitrogen and oxygen atoms in total. The second-order valence-electron chi connectivity index (χ2n) is 4.23. The maximum atomic E-state index is 12.9. The smallest absolute Gasteiger partial charge is 0.163 e. The second-order valence-corrected chi connectivity index (χ2v) is 4.59. The normalized spacial score (nSPS) is 11.1. The Morgan fingerprint density at radius 3 is 2.68 bits per heavy atom. The van der Waals surface area contributed by atoms with Gasteiger partial charge in [-0.25, -0.2) is 19.0 Å². The standard InChI is InChI=1S/C13H10ClFN4/c1-8-17-12(14)11-6-16-19(13(11)18-8)7-9-2-4-10(15)5-3-9/h2-6H,7H2,1H3.